The van der Waals surface area contributed by atoms with Gasteiger partial charge in [0.05, 0.1) is 43.7 Å². The minimum atomic E-state index is 0.0918. The first-order valence-electron chi connectivity index (χ1n) is 26.0. The number of hydrogen-bond acceptors (Lipinski definition) is 3. The van der Waals surface area contributed by atoms with Crippen molar-refractivity contribution in [2.24, 2.45) is 0 Å². The molecule has 4 heterocycles. The Morgan fingerprint density at radius 3 is 1.47 bits per heavy atom. The molecule has 1 aliphatic carbocycles. The predicted octanol–water partition coefficient (Wildman–Crippen LogP) is 18.9. The molecule has 5 heteroatoms. The lowest BCUT2D eigenvalue weighted by Crippen LogP contribution is -2.03. The highest BCUT2D eigenvalue weighted by Gasteiger charge is 2.31. The number of nitrogens with zero attached hydrogens (tertiary/aromatic N) is 4. The first-order chi connectivity index (χ1) is 37.7. The van der Waals surface area contributed by atoms with E-state index >= 15 is 0 Å². The van der Waals surface area contributed by atoms with Crippen molar-refractivity contribution in [3.63, 3.8) is 0 Å². The van der Waals surface area contributed by atoms with Crippen molar-refractivity contribution >= 4 is 75.3 Å². The van der Waals surface area contributed by atoms with E-state index in [1.807, 2.05) is 6.07 Å². The number of benzene rings is 11. The number of para-hydroxylation sites is 2. The van der Waals surface area contributed by atoms with E-state index < -0.39 is 0 Å². The molecule has 11 aromatic carbocycles. The monoisotopic (exact) mass is 984 g/mol. The maximum atomic E-state index is 5.55. The second-order valence-corrected chi connectivity index (χ2v) is 21.0. The van der Waals surface area contributed by atoms with Crippen LogP contribution in [-0.4, -0.2) is 19.1 Å². The summed E-state index contributed by atoms with van der Waals surface area (Å²) in [6.07, 6.45) is 0. The molecule has 0 aliphatic heterocycles. The largest absolute Gasteiger partial charge is 0.309 e. The summed E-state index contributed by atoms with van der Waals surface area (Å²) in [5.74, 6) is 0.803. The molecule has 0 saturated carbocycles. The summed E-state index contributed by atoms with van der Waals surface area (Å²) >= 11 is 1.77. The third kappa shape index (κ3) is 6.49. The second-order valence-electron chi connectivity index (χ2n) is 20.0. The fourth-order valence-corrected chi connectivity index (χ4v) is 13.6. The van der Waals surface area contributed by atoms with Crippen LogP contribution in [0.4, 0.5) is 0 Å². The van der Waals surface area contributed by atoms with E-state index in [1.54, 1.807) is 11.3 Å². The Kier molecular flexibility index (Phi) is 9.54. The fourth-order valence-electron chi connectivity index (χ4n) is 12.5. The summed E-state index contributed by atoms with van der Waals surface area (Å²) in [6.45, 7) is 0. The molecule has 0 amide bonds. The van der Waals surface area contributed by atoms with Crippen LogP contribution in [0, 0.1) is 0 Å². The first-order valence-corrected chi connectivity index (χ1v) is 26.8. The van der Waals surface area contributed by atoms with Crippen LogP contribution in [0.25, 0.3) is 131 Å². The molecule has 0 N–H and O–H groups in total. The van der Waals surface area contributed by atoms with Crippen LogP contribution in [-0.2, 0) is 0 Å². The van der Waals surface area contributed by atoms with Crippen LogP contribution in [0.3, 0.4) is 0 Å². The summed E-state index contributed by atoms with van der Waals surface area (Å²) < 4.78 is 7.26. The lowest BCUT2D eigenvalue weighted by atomic mass is 9.88. The zero-order valence-corrected chi connectivity index (χ0v) is 41.9. The first kappa shape index (κ1) is 42.8. The third-order valence-corrected chi connectivity index (χ3v) is 17.0. The Bertz CT molecular complexity index is 4660. The summed E-state index contributed by atoms with van der Waals surface area (Å²) in [5.41, 5.74) is 21.8. The van der Waals surface area contributed by atoms with E-state index in [4.69, 9.17) is 9.97 Å². The van der Waals surface area contributed by atoms with Gasteiger partial charge in [-0.2, -0.15) is 0 Å². The second kappa shape index (κ2) is 16.9. The van der Waals surface area contributed by atoms with E-state index in [9.17, 15) is 0 Å². The molecule has 15 aromatic rings. The Labute approximate surface area is 442 Å². The molecule has 0 radical (unpaired) electrons. The number of aromatic nitrogens is 4. The van der Waals surface area contributed by atoms with Crippen LogP contribution in [0.5, 0.6) is 0 Å². The van der Waals surface area contributed by atoms with Crippen LogP contribution < -0.4 is 0 Å². The lowest BCUT2D eigenvalue weighted by Gasteiger charge is -2.21. The van der Waals surface area contributed by atoms with Gasteiger partial charge in [-0.15, -0.1) is 11.3 Å². The summed E-state index contributed by atoms with van der Waals surface area (Å²) in [5, 5.41) is 6.02. The standard InChI is InChI=1S/C71H44N4S/c1-4-20-44(21-5-1)57-41-48(67-70-68(56-32-16-19-35-65(56)76-70)73-71(72-67)46-24-8-3-9-25-46)42-58(45-22-6-2-7-23-45)69(57)75-63-38-36-47(66-54-30-12-10-26-50(54)51-27-11-13-31-55(51)66)40-59(63)60-43-49(37-39-64(60)75)74-61-33-17-14-28-52(61)53-29-15-18-34-62(53)74/h1-43,66H. The van der Waals surface area contributed by atoms with Gasteiger partial charge in [-0.05, 0) is 99.6 Å². The van der Waals surface area contributed by atoms with Gasteiger partial charge in [-0.3, -0.25) is 0 Å². The van der Waals surface area contributed by atoms with Gasteiger partial charge in [-0.1, -0.05) is 200 Å². The zero-order valence-electron chi connectivity index (χ0n) is 41.1. The van der Waals surface area contributed by atoms with E-state index in [1.165, 1.54) is 65.1 Å². The lowest BCUT2D eigenvalue weighted by molar-refractivity contribution is 1.02. The SMILES string of the molecule is c1ccc(-c2nc(-c3cc(-c4ccccc4)c(-n4c5ccc(C6c7ccccc7-c7ccccc76)cc5c5cc(-n6c7ccccc7c7ccccc76)ccc54)c(-c4ccccc4)c3)c3sc4ccccc4c3n2)cc1. The van der Waals surface area contributed by atoms with Gasteiger partial charge in [0, 0.05) is 65.5 Å². The molecule has 4 nitrogen and oxygen atoms in total. The molecule has 0 spiro atoms. The van der Waals surface area contributed by atoms with Gasteiger partial charge in [0.25, 0.3) is 0 Å². The molecule has 1 aliphatic rings. The van der Waals surface area contributed by atoms with Crippen molar-refractivity contribution < 1.29 is 0 Å². The van der Waals surface area contributed by atoms with Crippen LogP contribution in [0.15, 0.2) is 261 Å². The van der Waals surface area contributed by atoms with Crippen molar-refractivity contribution in [2.75, 3.05) is 0 Å². The highest BCUT2D eigenvalue weighted by atomic mass is 32.1. The van der Waals surface area contributed by atoms with Crippen LogP contribution in [0.1, 0.15) is 22.6 Å². The molecule has 0 bridgehead atoms. The zero-order chi connectivity index (χ0) is 49.8. The Balaban J connectivity index is 1.02. The van der Waals surface area contributed by atoms with Gasteiger partial charge in [0.2, 0.25) is 0 Å². The number of fused-ring (bicyclic) bond motifs is 12. The molecule has 0 fully saturated rings. The molecular weight excluding hydrogens is 941 g/mol. The maximum absolute atomic E-state index is 5.55. The van der Waals surface area contributed by atoms with Crippen molar-refractivity contribution in [2.45, 2.75) is 5.92 Å². The average Bonchev–Trinajstić information content (AvgIpc) is 4.25. The highest BCUT2D eigenvalue weighted by Crippen LogP contribution is 2.51. The smallest absolute Gasteiger partial charge is 0.160 e. The Hall–Kier alpha value is -9.68. The maximum Gasteiger partial charge on any atom is 0.160 e. The number of thiophene rings is 1. The summed E-state index contributed by atoms with van der Waals surface area (Å²) in [4.78, 5) is 10.9. The van der Waals surface area contributed by atoms with Gasteiger partial charge < -0.3 is 9.13 Å². The van der Waals surface area contributed by atoms with Gasteiger partial charge in [-0.25, -0.2) is 9.97 Å². The quantitative estimate of drug-likeness (QED) is 0.160. The third-order valence-electron chi connectivity index (χ3n) is 15.8. The molecule has 76 heavy (non-hydrogen) atoms. The Morgan fingerprint density at radius 2 is 0.842 bits per heavy atom. The molecule has 16 rings (SSSR count). The summed E-state index contributed by atoms with van der Waals surface area (Å²) in [6, 6.07) is 95.6. The van der Waals surface area contributed by atoms with Crippen molar-refractivity contribution in [3.05, 3.63) is 278 Å². The van der Waals surface area contributed by atoms with Crippen LogP contribution in [0.2, 0.25) is 0 Å². The number of rotatable bonds is 7. The molecule has 0 atom stereocenters. The van der Waals surface area contributed by atoms with E-state index in [2.05, 4.69) is 264 Å². The van der Waals surface area contributed by atoms with Gasteiger partial charge >= 0.3 is 0 Å². The molecular formula is C71H44N4S. The molecule has 0 saturated heterocycles. The van der Waals surface area contributed by atoms with E-state index in [0.717, 1.165) is 77.1 Å². The molecule has 0 unspecified atom stereocenters. The highest BCUT2D eigenvalue weighted by molar-refractivity contribution is 7.26. The van der Waals surface area contributed by atoms with Crippen molar-refractivity contribution in [3.8, 4) is 67.4 Å². The molecule has 4 aromatic heterocycles. The van der Waals surface area contributed by atoms with E-state index in [0.29, 0.717) is 5.82 Å². The Morgan fingerprint density at radius 1 is 0.342 bits per heavy atom. The minimum absolute atomic E-state index is 0.0918. The van der Waals surface area contributed by atoms with Gasteiger partial charge in [0.1, 0.15) is 0 Å². The topological polar surface area (TPSA) is 35.6 Å². The number of hydrogen-bond donors (Lipinski definition) is 0. The van der Waals surface area contributed by atoms with Gasteiger partial charge in [0.15, 0.2) is 5.82 Å². The van der Waals surface area contributed by atoms with Crippen LogP contribution >= 0.6 is 11.3 Å². The fraction of sp³-hybridized carbons (Fsp3) is 0.0141. The van der Waals surface area contributed by atoms with Crippen molar-refractivity contribution in [1.29, 1.82) is 0 Å². The predicted molar refractivity (Wildman–Crippen MR) is 318 cm³/mol. The van der Waals surface area contributed by atoms with E-state index in [-0.39, 0.29) is 5.92 Å². The minimum Gasteiger partial charge on any atom is -0.309 e. The summed E-state index contributed by atoms with van der Waals surface area (Å²) in [7, 11) is 0. The normalized spacial score (nSPS) is 12.4. The average molecular weight is 985 g/mol. The molecule has 354 valence electrons. The van der Waals surface area contributed by atoms with Crippen molar-refractivity contribution in [1.82, 2.24) is 19.1 Å².